The number of amides is 1. The Balaban J connectivity index is 1.77. The van der Waals surface area contributed by atoms with Gasteiger partial charge in [0.05, 0.1) is 18.5 Å². The molecule has 10 nitrogen and oxygen atoms in total. The number of aliphatic imine (C=N–C) groups is 1. The van der Waals surface area contributed by atoms with Gasteiger partial charge < -0.3 is 14.7 Å². The van der Waals surface area contributed by atoms with Crippen molar-refractivity contribution in [3.05, 3.63) is 78.2 Å². The summed E-state index contributed by atoms with van der Waals surface area (Å²) < 4.78 is 34.1. The minimum atomic E-state index is -3.82. The molecule has 0 spiro atoms. The summed E-state index contributed by atoms with van der Waals surface area (Å²) in [5.74, 6) is -0.451. The van der Waals surface area contributed by atoms with Gasteiger partial charge in [-0.15, -0.1) is 0 Å². The number of hydrogen-bond donors (Lipinski definition) is 1. The minimum Gasteiger partial charge on any atom is -0.383 e. The van der Waals surface area contributed by atoms with Crippen LogP contribution >= 0.6 is 0 Å². The van der Waals surface area contributed by atoms with Gasteiger partial charge in [-0.2, -0.15) is 8.42 Å². The number of rotatable bonds is 8. The van der Waals surface area contributed by atoms with Crippen LogP contribution in [0.5, 0.6) is 5.75 Å². The fourth-order valence-electron chi connectivity index (χ4n) is 3.66. The van der Waals surface area contributed by atoms with Gasteiger partial charge in [-0.05, 0) is 29.3 Å². The van der Waals surface area contributed by atoms with Gasteiger partial charge in [0.25, 0.3) is 5.91 Å². The van der Waals surface area contributed by atoms with Crippen LogP contribution in [0.2, 0.25) is 0 Å². The Morgan fingerprint density at radius 2 is 1.85 bits per heavy atom. The number of likely N-dealkylation sites (N-methyl/N-ethyl adjacent to an activating group) is 1. The van der Waals surface area contributed by atoms with Gasteiger partial charge in [0, 0.05) is 32.1 Å². The number of nitrogens with zero attached hydrogens (tertiary/aromatic N) is 4. The molecule has 2 N–H and O–H groups in total. The molecule has 1 amide bonds. The maximum atomic E-state index is 13.5. The molecule has 0 saturated heterocycles. The summed E-state index contributed by atoms with van der Waals surface area (Å²) >= 11 is 0. The van der Waals surface area contributed by atoms with Crippen molar-refractivity contribution >= 4 is 22.0 Å². The van der Waals surface area contributed by atoms with E-state index in [1.165, 1.54) is 24.1 Å². The van der Waals surface area contributed by atoms with Crippen molar-refractivity contribution in [3.63, 3.8) is 0 Å². The van der Waals surface area contributed by atoms with E-state index in [9.17, 15) is 13.2 Å². The number of guanidine groups is 1. The summed E-state index contributed by atoms with van der Waals surface area (Å²) in [5.41, 5.74) is 7.07. The number of carbonyl (C=O) groups excluding carboxylic acids is 1. The third-order valence-electron chi connectivity index (χ3n) is 5.41. The lowest BCUT2D eigenvalue weighted by Gasteiger charge is -2.26. The second-order valence-electron chi connectivity index (χ2n) is 7.58. The van der Waals surface area contributed by atoms with Crippen molar-refractivity contribution < 1.29 is 22.1 Å². The van der Waals surface area contributed by atoms with E-state index in [2.05, 4.69) is 15.0 Å². The third-order valence-corrected chi connectivity index (χ3v) is 6.53. The summed E-state index contributed by atoms with van der Waals surface area (Å²) in [7, 11) is -0.863. The number of methoxy groups -OCH3 is 1. The molecule has 4 rings (SSSR count). The Bertz CT molecular complexity index is 1330. The predicted octanol–water partition coefficient (Wildman–Crippen LogP) is 1.53. The van der Waals surface area contributed by atoms with E-state index < -0.39 is 15.7 Å². The Morgan fingerprint density at radius 1 is 1.09 bits per heavy atom. The molecule has 2 aromatic carbocycles. The number of carbonyl (C=O) groups is 1. The molecule has 176 valence electrons. The van der Waals surface area contributed by atoms with Crippen molar-refractivity contribution in [2.75, 3.05) is 26.5 Å². The molecular weight excluding hydrogens is 458 g/mol. The zero-order chi connectivity index (χ0) is 24.3. The Hall–Kier alpha value is -3.83. The monoisotopic (exact) mass is 481 g/mol. The van der Waals surface area contributed by atoms with Crippen molar-refractivity contribution in [2.24, 2.45) is 10.7 Å². The molecule has 11 heteroatoms. The lowest BCUT2D eigenvalue weighted by molar-refractivity contribution is -0.129. The number of nitrogens with two attached hydrogens (primary N) is 1. The molecule has 0 fully saturated rings. The predicted molar refractivity (Wildman–Crippen MR) is 125 cm³/mol. The van der Waals surface area contributed by atoms with Crippen LogP contribution in [0, 0.1) is 0 Å². The minimum absolute atomic E-state index is 0.0144. The zero-order valence-electron chi connectivity index (χ0n) is 18.6. The van der Waals surface area contributed by atoms with Gasteiger partial charge in [-0.25, -0.2) is 4.99 Å². The van der Waals surface area contributed by atoms with E-state index in [-0.39, 0.29) is 30.0 Å². The van der Waals surface area contributed by atoms with Crippen molar-refractivity contribution in [3.8, 4) is 17.0 Å². The lowest BCUT2D eigenvalue weighted by Crippen LogP contribution is -2.41. The molecule has 0 aliphatic carbocycles. The topological polar surface area (TPSA) is 137 Å². The fraction of sp³-hybridized carbons (Fsp3) is 0.217. The smallest absolute Gasteiger partial charge is 0.311 e. The highest BCUT2D eigenvalue weighted by Gasteiger charge is 2.49. The van der Waals surface area contributed by atoms with Crippen LogP contribution in [0.1, 0.15) is 11.1 Å². The van der Waals surface area contributed by atoms with Crippen molar-refractivity contribution in [1.29, 1.82) is 0 Å². The van der Waals surface area contributed by atoms with Crippen LogP contribution < -0.4 is 9.92 Å². The summed E-state index contributed by atoms with van der Waals surface area (Å²) in [6.07, 6.45) is 4.79. The first-order valence-electron chi connectivity index (χ1n) is 10.3. The highest BCUT2D eigenvalue weighted by Crippen LogP contribution is 2.40. The van der Waals surface area contributed by atoms with E-state index >= 15 is 0 Å². The summed E-state index contributed by atoms with van der Waals surface area (Å²) in [4.78, 5) is 27.8. The van der Waals surface area contributed by atoms with Gasteiger partial charge in [0.1, 0.15) is 11.5 Å². The van der Waals surface area contributed by atoms with Crippen molar-refractivity contribution in [2.45, 2.75) is 5.54 Å². The SMILES string of the molecule is COCCS(=O)(=O)Oc1ccc(C2(c3cccc(-c4cnccn4)c3)N=C(N)N(C)C2=O)cc1. The highest BCUT2D eigenvalue weighted by atomic mass is 32.2. The lowest BCUT2D eigenvalue weighted by atomic mass is 9.82. The molecule has 1 unspecified atom stereocenters. The molecule has 1 aliphatic rings. The molecule has 1 aromatic heterocycles. The summed E-state index contributed by atoms with van der Waals surface area (Å²) in [6.45, 7) is 0.0144. The van der Waals surface area contributed by atoms with Crippen molar-refractivity contribution in [1.82, 2.24) is 14.9 Å². The molecule has 0 bridgehead atoms. The summed E-state index contributed by atoms with van der Waals surface area (Å²) in [5, 5.41) is 0. The molecule has 1 aliphatic heterocycles. The molecule has 34 heavy (non-hydrogen) atoms. The van der Waals surface area contributed by atoms with Crippen LogP contribution in [0.4, 0.5) is 0 Å². The highest BCUT2D eigenvalue weighted by molar-refractivity contribution is 7.87. The maximum absolute atomic E-state index is 13.5. The second kappa shape index (κ2) is 9.20. The molecular formula is C23H23N5O5S. The second-order valence-corrected chi connectivity index (χ2v) is 9.27. The number of aromatic nitrogens is 2. The molecule has 1 atom stereocenters. The Labute approximate surface area is 197 Å². The quantitative estimate of drug-likeness (QED) is 0.478. The number of hydrogen-bond acceptors (Lipinski definition) is 9. The first kappa shape index (κ1) is 23.3. The van der Waals surface area contributed by atoms with E-state index in [0.29, 0.717) is 16.8 Å². The average Bonchev–Trinajstić information content (AvgIpc) is 3.08. The number of benzene rings is 2. The van der Waals surface area contributed by atoms with Gasteiger partial charge in [-0.1, -0.05) is 30.3 Å². The standard InChI is InChI=1S/C23H23N5O5S/c1-28-21(29)23(27-22(28)24,18-5-3-4-16(14-18)20-15-25-10-11-26-20)17-6-8-19(9-7-17)33-34(30,31)13-12-32-2/h3-11,14-15H,12-13H2,1-2H3,(H2,24,27). The van der Waals surface area contributed by atoms with Crippen LogP contribution in [-0.2, 0) is 25.2 Å². The third kappa shape index (κ3) is 4.35. The molecule has 3 aromatic rings. The fourth-order valence-corrected chi connectivity index (χ4v) is 4.52. The van der Waals surface area contributed by atoms with Crippen LogP contribution in [0.25, 0.3) is 11.3 Å². The molecule has 0 radical (unpaired) electrons. The van der Waals surface area contributed by atoms with E-state index in [4.69, 9.17) is 14.7 Å². The van der Waals surface area contributed by atoms with Crippen LogP contribution in [-0.4, -0.2) is 61.7 Å². The van der Waals surface area contributed by atoms with E-state index in [1.54, 1.807) is 49.9 Å². The van der Waals surface area contributed by atoms with Gasteiger partial charge in [0.2, 0.25) is 0 Å². The largest absolute Gasteiger partial charge is 0.383 e. The maximum Gasteiger partial charge on any atom is 0.311 e. The molecule has 2 heterocycles. The normalized spacial score (nSPS) is 18.1. The zero-order valence-corrected chi connectivity index (χ0v) is 19.4. The van der Waals surface area contributed by atoms with Gasteiger partial charge >= 0.3 is 10.1 Å². The number of ether oxygens (including phenoxy) is 1. The average molecular weight is 482 g/mol. The Kier molecular flexibility index (Phi) is 6.31. The van der Waals surface area contributed by atoms with Gasteiger partial charge in [-0.3, -0.25) is 19.7 Å². The summed E-state index contributed by atoms with van der Waals surface area (Å²) in [6, 6.07) is 13.4. The first-order valence-corrected chi connectivity index (χ1v) is 11.9. The Morgan fingerprint density at radius 3 is 2.47 bits per heavy atom. The van der Waals surface area contributed by atoms with E-state index in [0.717, 1.165) is 5.56 Å². The van der Waals surface area contributed by atoms with Gasteiger partial charge in [0.15, 0.2) is 11.5 Å². The molecule has 0 saturated carbocycles. The van der Waals surface area contributed by atoms with Crippen LogP contribution in [0.15, 0.2) is 72.1 Å². The first-order chi connectivity index (χ1) is 16.3. The van der Waals surface area contributed by atoms with E-state index in [1.807, 2.05) is 12.1 Å². The van der Waals surface area contributed by atoms with Crippen LogP contribution in [0.3, 0.4) is 0 Å².